The van der Waals surface area contributed by atoms with Crippen molar-refractivity contribution in [2.24, 2.45) is 0 Å². The van der Waals surface area contributed by atoms with Gasteiger partial charge in [-0.2, -0.15) is 4.98 Å². The number of aromatic nitrogens is 2. The summed E-state index contributed by atoms with van der Waals surface area (Å²) < 4.78 is 18.7. The van der Waals surface area contributed by atoms with Crippen molar-refractivity contribution < 1.29 is 13.7 Å². The molecule has 0 aliphatic rings. The van der Waals surface area contributed by atoms with Crippen LogP contribution in [-0.2, 0) is 17.1 Å². The number of nitrogens with one attached hydrogen (secondary N) is 1. The molecular weight excluding hydrogens is 353 g/mol. The van der Waals surface area contributed by atoms with Crippen LogP contribution in [0.2, 0.25) is 0 Å². The zero-order chi connectivity index (χ0) is 18.4. The standard InChI is InChI=1S/C19H18FN3O2S/c1-13-5-4-7-14(9-13)19-22-18(25-23-19)10-21-17(24)12-26-11-15-6-2-3-8-16(15)20/h2-9H,10-12H2,1H3,(H,21,24). The Hall–Kier alpha value is -2.67. The van der Waals surface area contributed by atoms with Crippen LogP contribution < -0.4 is 5.32 Å². The quantitative estimate of drug-likeness (QED) is 0.685. The molecule has 0 saturated carbocycles. The first-order valence-electron chi connectivity index (χ1n) is 8.09. The lowest BCUT2D eigenvalue weighted by atomic mass is 10.1. The number of hydrogen-bond acceptors (Lipinski definition) is 5. The van der Waals surface area contributed by atoms with Crippen molar-refractivity contribution in [3.05, 3.63) is 71.4 Å². The van der Waals surface area contributed by atoms with Gasteiger partial charge >= 0.3 is 0 Å². The summed E-state index contributed by atoms with van der Waals surface area (Å²) in [5, 5.41) is 6.66. The van der Waals surface area contributed by atoms with Crippen molar-refractivity contribution in [2.75, 3.05) is 5.75 Å². The SMILES string of the molecule is Cc1cccc(-c2noc(CNC(=O)CSCc3ccccc3F)n2)c1. The molecule has 1 amide bonds. The van der Waals surface area contributed by atoms with Crippen LogP contribution in [0, 0.1) is 12.7 Å². The van der Waals surface area contributed by atoms with Crippen LogP contribution in [0.25, 0.3) is 11.4 Å². The van der Waals surface area contributed by atoms with Gasteiger partial charge in [0.25, 0.3) is 0 Å². The Morgan fingerprint density at radius 2 is 2.08 bits per heavy atom. The minimum Gasteiger partial charge on any atom is -0.346 e. The van der Waals surface area contributed by atoms with E-state index in [0.717, 1.165) is 11.1 Å². The van der Waals surface area contributed by atoms with E-state index in [4.69, 9.17) is 4.52 Å². The van der Waals surface area contributed by atoms with E-state index < -0.39 is 0 Å². The molecule has 0 aliphatic heterocycles. The molecule has 1 heterocycles. The lowest BCUT2D eigenvalue weighted by Gasteiger charge is -2.04. The Morgan fingerprint density at radius 1 is 1.23 bits per heavy atom. The maximum absolute atomic E-state index is 13.5. The Kier molecular flexibility index (Phi) is 6.01. The van der Waals surface area contributed by atoms with Crippen molar-refractivity contribution in [1.29, 1.82) is 0 Å². The maximum Gasteiger partial charge on any atom is 0.246 e. The van der Waals surface area contributed by atoms with Gasteiger partial charge in [-0.15, -0.1) is 11.8 Å². The second kappa shape index (κ2) is 8.62. The number of thioether (sulfide) groups is 1. The van der Waals surface area contributed by atoms with Gasteiger partial charge in [0.05, 0.1) is 12.3 Å². The summed E-state index contributed by atoms with van der Waals surface area (Å²) >= 11 is 1.35. The zero-order valence-corrected chi connectivity index (χ0v) is 15.1. The van der Waals surface area contributed by atoms with E-state index in [2.05, 4.69) is 15.5 Å². The highest BCUT2D eigenvalue weighted by Gasteiger charge is 2.10. The molecule has 0 unspecified atom stereocenters. The van der Waals surface area contributed by atoms with Gasteiger partial charge in [0, 0.05) is 11.3 Å². The highest BCUT2D eigenvalue weighted by atomic mass is 32.2. The molecule has 7 heteroatoms. The first-order valence-corrected chi connectivity index (χ1v) is 9.25. The number of benzene rings is 2. The molecule has 1 aromatic heterocycles. The smallest absolute Gasteiger partial charge is 0.246 e. The molecule has 0 atom stereocenters. The Bertz CT molecular complexity index is 898. The number of rotatable bonds is 7. The lowest BCUT2D eigenvalue weighted by Crippen LogP contribution is -2.24. The van der Waals surface area contributed by atoms with Gasteiger partial charge in [-0.3, -0.25) is 4.79 Å². The third kappa shape index (κ3) is 4.92. The van der Waals surface area contributed by atoms with E-state index in [-0.39, 0.29) is 24.0 Å². The van der Waals surface area contributed by atoms with Gasteiger partial charge in [0.15, 0.2) is 0 Å². The van der Waals surface area contributed by atoms with Gasteiger partial charge < -0.3 is 9.84 Å². The third-order valence-corrected chi connectivity index (χ3v) is 4.61. The monoisotopic (exact) mass is 371 g/mol. The summed E-state index contributed by atoms with van der Waals surface area (Å²) in [4.78, 5) is 16.2. The second-order valence-corrected chi connectivity index (χ2v) is 6.73. The molecule has 3 rings (SSSR count). The van der Waals surface area contributed by atoms with Crippen molar-refractivity contribution in [1.82, 2.24) is 15.5 Å². The fourth-order valence-corrected chi connectivity index (χ4v) is 3.17. The highest BCUT2D eigenvalue weighted by molar-refractivity contribution is 7.99. The fourth-order valence-electron chi connectivity index (χ4n) is 2.32. The van der Waals surface area contributed by atoms with Gasteiger partial charge in [0.2, 0.25) is 17.6 Å². The van der Waals surface area contributed by atoms with Gasteiger partial charge in [-0.25, -0.2) is 4.39 Å². The van der Waals surface area contributed by atoms with E-state index >= 15 is 0 Å². The minimum atomic E-state index is -0.255. The van der Waals surface area contributed by atoms with E-state index in [1.165, 1.54) is 17.8 Å². The number of amides is 1. The van der Waals surface area contributed by atoms with Crippen molar-refractivity contribution in [2.45, 2.75) is 19.2 Å². The summed E-state index contributed by atoms with van der Waals surface area (Å²) in [5.41, 5.74) is 2.56. The van der Waals surface area contributed by atoms with E-state index in [9.17, 15) is 9.18 Å². The van der Waals surface area contributed by atoms with Gasteiger partial charge in [-0.05, 0) is 24.6 Å². The predicted molar refractivity (Wildman–Crippen MR) is 98.9 cm³/mol. The van der Waals surface area contributed by atoms with Crippen LogP contribution in [0.3, 0.4) is 0 Å². The molecule has 5 nitrogen and oxygen atoms in total. The van der Waals surface area contributed by atoms with Crippen molar-refractivity contribution in [3.63, 3.8) is 0 Å². The minimum absolute atomic E-state index is 0.165. The summed E-state index contributed by atoms with van der Waals surface area (Å²) in [6.07, 6.45) is 0. The van der Waals surface area contributed by atoms with Gasteiger partial charge in [0.1, 0.15) is 5.82 Å². The van der Waals surface area contributed by atoms with Crippen molar-refractivity contribution >= 4 is 17.7 Å². The lowest BCUT2D eigenvalue weighted by molar-refractivity contribution is -0.118. The molecule has 0 fully saturated rings. The number of carbonyl (C=O) groups is 1. The molecule has 0 aliphatic carbocycles. The summed E-state index contributed by atoms with van der Waals surface area (Å²) in [6, 6.07) is 14.3. The molecule has 3 aromatic rings. The first kappa shape index (κ1) is 18.1. The van der Waals surface area contributed by atoms with Crippen LogP contribution in [0.4, 0.5) is 4.39 Å². The molecule has 0 bridgehead atoms. The molecule has 26 heavy (non-hydrogen) atoms. The van der Waals surface area contributed by atoms with Crippen LogP contribution in [0.1, 0.15) is 17.0 Å². The average molecular weight is 371 g/mol. The topological polar surface area (TPSA) is 68.0 Å². The molecule has 1 N–H and O–H groups in total. The summed E-state index contributed by atoms with van der Waals surface area (Å²) in [5.74, 6) is 1.09. The van der Waals surface area contributed by atoms with Gasteiger partial charge in [-0.1, -0.05) is 47.1 Å². The van der Waals surface area contributed by atoms with E-state index in [1.54, 1.807) is 18.2 Å². The molecule has 2 aromatic carbocycles. The Morgan fingerprint density at radius 3 is 2.88 bits per heavy atom. The number of nitrogens with zero attached hydrogens (tertiary/aromatic N) is 2. The number of hydrogen-bond donors (Lipinski definition) is 1. The molecule has 0 saturated heterocycles. The highest BCUT2D eigenvalue weighted by Crippen LogP contribution is 2.17. The summed E-state index contributed by atoms with van der Waals surface area (Å²) in [6.45, 7) is 2.15. The second-order valence-electron chi connectivity index (χ2n) is 5.74. The summed E-state index contributed by atoms with van der Waals surface area (Å²) in [7, 11) is 0. The number of halogens is 1. The first-order chi connectivity index (χ1) is 12.6. The van der Waals surface area contributed by atoms with Crippen LogP contribution >= 0.6 is 11.8 Å². The Balaban J connectivity index is 1.45. The maximum atomic E-state index is 13.5. The van der Waals surface area contributed by atoms with Crippen LogP contribution in [-0.4, -0.2) is 21.8 Å². The number of carbonyl (C=O) groups excluding carboxylic acids is 1. The van der Waals surface area contributed by atoms with Crippen LogP contribution in [0.15, 0.2) is 53.1 Å². The number of aryl methyl sites for hydroxylation is 1. The molecular formula is C19H18FN3O2S. The molecule has 134 valence electrons. The molecule has 0 spiro atoms. The third-order valence-electron chi connectivity index (χ3n) is 3.63. The van der Waals surface area contributed by atoms with Crippen LogP contribution in [0.5, 0.6) is 0 Å². The fraction of sp³-hybridized carbons (Fsp3) is 0.211. The molecule has 0 radical (unpaired) electrons. The zero-order valence-electron chi connectivity index (χ0n) is 14.2. The van der Waals surface area contributed by atoms with E-state index in [0.29, 0.717) is 23.0 Å². The Labute approximate surface area is 155 Å². The average Bonchev–Trinajstić information content (AvgIpc) is 3.11. The van der Waals surface area contributed by atoms with E-state index in [1.807, 2.05) is 31.2 Å². The largest absolute Gasteiger partial charge is 0.346 e. The normalized spacial score (nSPS) is 10.7. The predicted octanol–water partition coefficient (Wildman–Crippen LogP) is 3.73. The van der Waals surface area contributed by atoms with Crippen molar-refractivity contribution in [3.8, 4) is 11.4 Å².